The number of hydrogen-bond acceptors (Lipinski definition) is 7. The number of cyclic esters (lactones) is 1. The largest absolute Gasteiger partial charge is 0.508 e. The minimum atomic E-state index is -0.730. The second kappa shape index (κ2) is 5.99. The van der Waals surface area contributed by atoms with Crippen LogP contribution in [0.15, 0.2) is 28.9 Å². The van der Waals surface area contributed by atoms with Crippen molar-refractivity contribution in [2.24, 2.45) is 0 Å². The van der Waals surface area contributed by atoms with E-state index < -0.39 is 24.6 Å². The van der Waals surface area contributed by atoms with E-state index in [0.717, 1.165) is 4.90 Å². The number of imide groups is 1. The maximum Gasteiger partial charge on any atom is 0.416 e. The molecule has 3 rings (SSSR count). The SMILES string of the molecule is O=C(Cc1coc2cc(O)ccc12)OCC(=O)N1CCOC1=O. The summed E-state index contributed by atoms with van der Waals surface area (Å²) >= 11 is 0. The van der Waals surface area contributed by atoms with Crippen molar-refractivity contribution in [2.45, 2.75) is 6.42 Å². The molecule has 1 aromatic heterocycles. The lowest BCUT2D eigenvalue weighted by molar-refractivity contribution is -0.150. The Hall–Kier alpha value is -3.03. The van der Waals surface area contributed by atoms with Crippen LogP contribution in [0.5, 0.6) is 5.75 Å². The van der Waals surface area contributed by atoms with Gasteiger partial charge in [-0.1, -0.05) is 0 Å². The standard InChI is InChI=1S/C15H13NO7/c17-10-1-2-11-9(7-22-12(11)6-10)5-14(19)23-8-13(18)16-3-4-21-15(16)20/h1-2,6-7,17H,3-5,8H2. The van der Waals surface area contributed by atoms with Gasteiger partial charge in [-0.2, -0.15) is 0 Å². The molecule has 1 fully saturated rings. The van der Waals surface area contributed by atoms with Crippen molar-refractivity contribution in [3.63, 3.8) is 0 Å². The number of aromatic hydroxyl groups is 1. The van der Waals surface area contributed by atoms with E-state index in [-0.39, 0.29) is 25.3 Å². The summed E-state index contributed by atoms with van der Waals surface area (Å²) in [5.41, 5.74) is 1.03. The van der Waals surface area contributed by atoms with Gasteiger partial charge in [-0.3, -0.25) is 9.59 Å². The third kappa shape index (κ3) is 3.10. The minimum Gasteiger partial charge on any atom is -0.508 e. The zero-order valence-electron chi connectivity index (χ0n) is 12.0. The average molecular weight is 319 g/mol. The molecule has 120 valence electrons. The number of furan rings is 1. The number of carbonyl (C=O) groups is 3. The zero-order chi connectivity index (χ0) is 16.4. The number of phenolic OH excluding ortho intramolecular Hbond substituents is 1. The fourth-order valence-electron chi connectivity index (χ4n) is 2.26. The van der Waals surface area contributed by atoms with Gasteiger partial charge in [0.1, 0.15) is 17.9 Å². The van der Waals surface area contributed by atoms with Gasteiger partial charge in [-0.05, 0) is 12.1 Å². The maximum atomic E-state index is 11.8. The number of hydrogen-bond donors (Lipinski definition) is 1. The molecule has 0 radical (unpaired) electrons. The Morgan fingerprint density at radius 1 is 1.35 bits per heavy atom. The van der Waals surface area contributed by atoms with E-state index in [1.807, 2.05) is 0 Å². The number of benzene rings is 1. The van der Waals surface area contributed by atoms with Crippen molar-refractivity contribution in [3.05, 3.63) is 30.0 Å². The Bertz CT molecular complexity index is 779. The van der Waals surface area contributed by atoms with E-state index >= 15 is 0 Å². The van der Waals surface area contributed by atoms with Crippen molar-refractivity contribution in [1.29, 1.82) is 0 Å². The van der Waals surface area contributed by atoms with Crippen LogP contribution in [-0.4, -0.2) is 47.7 Å². The first kappa shape index (κ1) is 14.9. The van der Waals surface area contributed by atoms with Gasteiger partial charge in [0.05, 0.1) is 19.2 Å². The number of fused-ring (bicyclic) bond motifs is 1. The van der Waals surface area contributed by atoms with Crippen LogP contribution >= 0.6 is 0 Å². The van der Waals surface area contributed by atoms with E-state index in [0.29, 0.717) is 16.5 Å². The molecule has 1 saturated heterocycles. The molecule has 8 heteroatoms. The van der Waals surface area contributed by atoms with Crippen molar-refractivity contribution in [1.82, 2.24) is 4.90 Å². The van der Waals surface area contributed by atoms with Gasteiger partial charge in [-0.25, -0.2) is 9.69 Å². The maximum absolute atomic E-state index is 11.8. The first-order valence-corrected chi connectivity index (χ1v) is 6.86. The molecular weight excluding hydrogens is 306 g/mol. The molecule has 0 aliphatic carbocycles. The highest BCUT2D eigenvalue weighted by molar-refractivity contribution is 5.94. The van der Waals surface area contributed by atoms with Gasteiger partial charge in [0.15, 0.2) is 6.61 Å². The summed E-state index contributed by atoms with van der Waals surface area (Å²) in [6.07, 6.45) is 0.576. The fourth-order valence-corrected chi connectivity index (χ4v) is 2.26. The Morgan fingerprint density at radius 2 is 2.17 bits per heavy atom. The molecular formula is C15H13NO7. The van der Waals surface area contributed by atoms with E-state index in [4.69, 9.17) is 9.15 Å². The van der Waals surface area contributed by atoms with E-state index in [1.165, 1.54) is 18.4 Å². The molecule has 1 aliphatic rings. The monoisotopic (exact) mass is 319 g/mol. The third-order valence-electron chi connectivity index (χ3n) is 3.39. The lowest BCUT2D eigenvalue weighted by atomic mass is 10.1. The summed E-state index contributed by atoms with van der Waals surface area (Å²) in [6, 6.07) is 4.55. The Morgan fingerprint density at radius 3 is 2.91 bits per heavy atom. The quantitative estimate of drug-likeness (QED) is 0.844. The molecule has 0 atom stereocenters. The number of ether oxygens (including phenoxy) is 2. The summed E-state index contributed by atoms with van der Waals surface area (Å²) < 4.78 is 14.8. The molecule has 2 amide bonds. The van der Waals surface area contributed by atoms with Crippen LogP contribution < -0.4 is 0 Å². The van der Waals surface area contributed by atoms with Crippen molar-refractivity contribution in [2.75, 3.05) is 19.8 Å². The Labute approximate surface area is 130 Å². The zero-order valence-corrected chi connectivity index (χ0v) is 12.0. The van der Waals surface area contributed by atoms with Crippen LogP contribution in [0.4, 0.5) is 4.79 Å². The van der Waals surface area contributed by atoms with Crippen molar-refractivity contribution in [3.8, 4) is 5.75 Å². The second-order valence-corrected chi connectivity index (χ2v) is 4.94. The summed E-state index contributed by atoms with van der Waals surface area (Å²) in [5.74, 6) is -1.19. The number of nitrogens with zero attached hydrogens (tertiary/aromatic N) is 1. The molecule has 2 aromatic rings. The summed E-state index contributed by atoms with van der Waals surface area (Å²) in [7, 11) is 0. The number of carbonyl (C=O) groups excluding carboxylic acids is 3. The first-order valence-electron chi connectivity index (χ1n) is 6.86. The molecule has 0 spiro atoms. The molecule has 8 nitrogen and oxygen atoms in total. The van der Waals surface area contributed by atoms with E-state index in [1.54, 1.807) is 6.07 Å². The highest BCUT2D eigenvalue weighted by Gasteiger charge is 2.29. The lowest BCUT2D eigenvalue weighted by Crippen LogP contribution is -2.35. The summed E-state index contributed by atoms with van der Waals surface area (Å²) in [6.45, 7) is -0.220. The molecule has 1 N–H and O–H groups in total. The topological polar surface area (TPSA) is 106 Å². The van der Waals surface area contributed by atoms with Crippen LogP contribution in [0, 0.1) is 0 Å². The number of phenols is 1. The van der Waals surface area contributed by atoms with Gasteiger partial charge in [0.2, 0.25) is 0 Å². The van der Waals surface area contributed by atoms with Gasteiger partial charge >= 0.3 is 12.1 Å². The van der Waals surface area contributed by atoms with Crippen LogP contribution in [0.2, 0.25) is 0 Å². The fraction of sp³-hybridized carbons (Fsp3) is 0.267. The first-order chi connectivity index (χ1) is 11.0. The lowest BCUT2D eigenvalue weighted by Gasteiger charge is -2.10. The van der Waals surface area contributed by atoms with Crippen LogP contribution in [0.1, 0.15) is 5.56 Å². The summed E-state index contributed by atoms with van der Waals surface area (Å²) in [5, 5.41) is 10.0. The normalized spacial score (nSPS) is 14.1. The van der Waals surface area contributed by atoms with Crippen LogP contribution in [0.25, 0.3) is 11.0 Å². The average Bonchev–Trinajstić information content (AvgIpc) is 3.11. The van der Waals surface area contributed by atoms with Gasteiger partial charge < -0.3 is 19.0 Å². The molecule has 0 unspecified atom stereocenters. The predicted molar refractivity (Wildman–Crippen MR) is 75.6 cm³/mol. The molecule has 2 heterocycles. The van der Waals surface area contributed by atoms with E-state index in [9.17, 15) is 19.5 Å². The molecule has 0 saturated carbocycles. The number of amides is 2. The summed E-state index contributed by atoms with van der Waals surface area (Å²) in [4.78, 5) is 35.6. The Balaban J connectivity index is 1.58. The van der Waals surface area contributed by atoms with Crippen LogP contribution in [-0.2, 0) is 25.5 Å². The molecule has 1 aliphatic heterocycles. The van der Waals surface area contributed by atoms with Crippen molar-refractivity contribution < 1.29 is 33.4 Å². The second-order valence-electron chi connectivity index (χ2n) is 4.94. The van der Waals surface area contributed by atoms with E-state index in [2.05, 4.69) is 4.74 Å². The van der Waals surface area contributed by atoms with Crippen LogP contribution in [0.3, 0.4) is 0 Å². The van der Waals surface area contributed by atoms with Gasteiger partial charge in [0, 0.05) is 17.0 Å². The molecule has 0 bridgehead atoms. The van der Waals surface area contributed by atoms with Gasteiger partial charge in [-0.15, -0.1) is 0 Å². The predicted octanol–water partition coefficient (Wildman–Crippen LogP) is 1.20. The molecule has 23 heavy (non-hydrogen) atoms. The van der Waals surface area contributed by atoms with Crippen molar-refractivity contribution >= 4 is 28.9 Å². The molecule has 1 aromatic carbocycles. The Kier molecular flexibility index (Phi) is 3.88. The number of rotatable bonds is 4. The highest BCUT2D eigenvalue weighted by Crippen LogP contribution is 2.25. The van der Waals surface area contributed by atoms with Gasteiger partial charge in [0.25, 0.3) is 5.91 Å². The smallest absolute Gasteiger partial charge is 0.416 e. The third-order valence-corrected chi connectivity index (χ3v) is 3.39. The number of esters is 1. The minimum absolute atomic E-state index is 0.0593. The highest BCUT2D eigenvalue weighted by atomic mass is 16.6.